The Kier molecular flexibility index (Phi) is 4.32. The molecule has 1 amide bonds. The number of hydrogen-bond acceptors (Lipinski definition) is 6. The fourth-order valence-electron chi connectivity index (χ4n) is 3.62. The second-order valence-electron chi connectivity index (χ2n) is 7.26. The highest BCUT2D eigenvalue weighted by Gasteiger charge is 2.28. The summed E-state index contributed by atoms with van der Waals surface area (Å²) in [4.78, 5) is 17.0. The molecule has 2 aromatic carbocycles. The van der Waals surface area contributed by atoms with Crippen LogP contribution in [0.1, 0.15) is 27.4 Å². The highest BCUT2D eigenvalue weighted by molar-refractivity contribution is 7.21. The predicted molar refractivity (Wildman–Crippen MR) is 111 cm³/mol. The van der Waals surface area contributed by atoms with Crippen molar-refractivity contribution in [1.29, 1.82) is 0 Å². The topological polar surface area (TPSA) is 77.2 Å². The standard InChI is InChI=1S/C22H19N3O3S/c1-12-7-14-10-15(11-23-21(26)18-9-13(2)28-25-18)27-20(14)16(8-12)22-24-17-5-3-4-6-19(17)29-22/h3-9,15H,10-11H2,1-2H3,(H,23,26). The number of hydrogen-bond donors (Lipinski definition) is 1. The van der Waals surface area contributed by atoms with Crippen LogP contribution < -0.4 is 10.1 Å². The maximum absolute atomic E-state index is 12.2. The SMILES string of the molecule is Cc1cc2c(c(-c3nc4ccccc4s3)c1)OC(CNC(=O)c1cc(C)on1)C2. The van der Waals surface area contributed by atoms with Gasteiger partial charge in [-0.2, -0.15) is 0 Å². The number of nitrogens with one attached hydrogen (secondary N) is 1. The van der Waals surface area contributed by atoms with Crippen LogP contribution in [0.2, 0.25) is 0 Å². The molecule has 1 aliphatic rings. The number of rotatable bonds is 4. The molecule has 29 heavy (non-hydrogen) atoms. The largest absolute Gasteiger partial charge is 0.487 e. The third-order valence-corrected chi connectivity index (χ3v) is 5.99. The molecule has 1 N–H and O–H groups in total. The zero-order chi connectivity index (χ0) is 20.0. The van der Waals surface area contributed by atoms with Gasteiger partial charge in [0.25, 0.3) is 5.91 Å². The summed E-state index contributed by atoms with van der Waals surface area (Å²) in [5, 5.41) is 7.59. The van der Waals surface area contributed by atoms with Crippen molar-refractivity contribution in [2.45, 2.75) is 26.4 Å². The minimum atomic E-state index is -0.260. The highest BCUT2D eigenvalue weighted by Crippen LogP contribution is 2.42. The van der Waals surface area contributed by atoms with Gasteiger partial charge in [-0.3, -0.25) is 4.79 Å². The molecule has 0 saturated carbocycles. The zero-order valence-corrected chi connectivity index (χ0v) is 16.9. The molecular weight excluding hydrogens is 386 g/mol. The Balaban J connectivity index is 1.37. The summed E-state index contributed by atoms with van der Waals surface area (Å²) in [5.41, 5.74) is 4.61. The Labute approximate surface area is 171 Å². The van der Waals surface area contributed by atoms with Crippen LogP contribution in [0.4, 0.5) is 0 Å². The minimum absolute atomic E-state index is 0.128. The molecular formula is C22H19N3O3S. The van der Waals surface area contributed by atoms with E-state index in [-0.39, 0.29) is 17.7 Å². The van der Waals surface area contributed by atoms with Crippen LogP contribution in [0.3, 0.4) is 0 Å². The Morgan fingerprint density at radius 1 is 1.24 bits per heavy atom. The average Bonchev–Trinajstić information content (AvgIpc) is 3.42. The van der Waals surface area contributed by atoms with E-state index >= 15 is 0 Å². The van der Waals surface area contributed by atoms with Gasteiger partial charge in [-0.1, -0.05) is 23.4 Å². The van der Waals surface area contributed by atoms with Crippen LogP contribution in [0.5, 0.6) is 5.75 Å². The van der Waals surface area contributed by atoms with Gasteiger partial charge >= 0.3 is 0 Å². The zero-order valence-electron chi connectivity index (χ0n) is 16.1. The van der Waals surface area contributed by atoms with Crippen molar-refractivity contribution in [3.63, 3.8) is 0 Å². The smallest absolute Gasteiger partial charge is 0.273 e. The number of ether oxygens (including phenoxy) is 1. The second-order valence-corrected chi connectivity index (χ2v) is 8.29. The second kappa shape index (κ2) is 7.00. The van der Waals surface area contributed by atoms with Crippen molar-refractivity contribution in [2.24, 2.45) is 0 Å². The molecule has 0 saturated heterocycles. The summed E-state index contributed by atoms with van der Waals surface area (Å²) < 4.78 is 12.4. The molecule has 146 valence electrons. The van der Waals surface area contributed by atoms with Gasteiger partial charge in [-0.15, -0.1) is 11.3 Å². The number of carbonyl (C=O) groups is 1. The normalized spacial score (nSPS) is 15.3. The number of nitrogens with zero attached hydrogens (tertiary/aromatic N) is 2. The summed E-state index contributed by atoms with van der Waals surface area (Å²) in [5.74, 6) is 1.21. The number of fused-ring (bicyclic) bond motifs is 2. The van der Waals surface area contributed by atoms with Gasteiger partial charge < -0.3 is 14.6 Å². The van der Waals surface area contributed by atoms with Crippen LogP contribution in [0.15, 0.2) is 47.0 Å². The molecule has 4 aromatic rings. The summed E-state index contributed by atoms with van der Waals surface area (Å²) in [6.45, 7) is 4.24. The average molecular weight is 405 g/mol. The van der Waals surface area contributed by atoms with Crippen molar-refractivity contribution in [1.82, 2.24) is 15.5 Å². The number of benzene rings is 2. The fourth-order valence-corrected chi connectivity index (χ4v) is 4.60. The van der Waals surface area contributed by atoms with E-state index in [9.17, 15) is 4.79 Å². The predicted octanol–water partition coefficient (Wildman–Crippen LogP) is 4.30. The Morgan fingerprint density at radius 3 is 2.90 bits per heavy atom. The lowest BCUT2D eigenvalue weighted by atomic mass is 10.0. The van der Waals surface area contributed by atoms with Crippen LogP contribution in [-0.4, -0.2) is 28.7 Å². The molecule has 0 spiro atoms. The van der Waals surface area contributed by atoms with Crippen LogP contribution in [0.25, 0.3) is 20.8 Å². The number of aryl methyl sites for hydroxylation is 2. The molecule has 7 heteroatoms. The van der Waals surface area contributed by atoms with Crippen LogP contribution in [0, 0.1) is 13.8 Å². The monoisotopic (exact) mass is 405 g/mol. The molecule has 6 nitrogen and oxygen atoms in total. The quantitative estimate of drug-likeness (QED) is 0.548. The van der Waals surface area contributed by atoms with E-state index in [1.807, 2.05) is 18.2 Å². The van der Waals surface area contributed by atoms with Gasteiger partial charge in [0, 0.05) is 12.5 Å². The summed E-state index contributed by atoms with van der Waals surface area (Å²) in [6.07, 6.45) is 0.615. The Morgan fingerprint density at radius 2 is 2.10 bits per heavy atom. The first-order valence-electron chi connectivity index (χ1n) is 9.44. The van der Waals surface area contributed by atoms with Crippen molar-refractivity contribution in [2.75, 3.05) is 6.54 Å². The van der Waals surface area contributed by atoms with Crippen molar-refractivity contribution >= 4 is 27.5 Å². The van der Waals surface area contributed by atoms with Gasteiger partial charge in [0.1, 0.15) is 22.6 Å². The molecule has 1 atom stereocenters. The fraction of sp³-hybridized carbons (Fsp3) is 0.227. The van der Waals surface area contributed by atoms with E-state index in [0.29, 0.717) is 12.3 Å². The van der Waals surface area contributed by atoms with Gasteiger partial charge in [0.15, 0.2) is 5.69 Å². The molecule has 1 aliphatic heterocycles. The number of amides is 1. The van der Waals surface area contributed by atoms with E-state index in [1.54, 1.807) is 24.3 Å². The number of carbonyl (C=O) groups excluding carboxylic acids is 1. The molecule has 2 aromatic heterocycles. The number of para-hydroxylation sites is 1. The van der Waals surface area contributed by atoms with Gasteiger partial charge in [-0.05, 0) is 43.2 Å². The van der Waals surface area contributed by atoms with Crippen LogP contribution >= 0.6 is 11.3 Å². The highest BCUT2D eigenvalue weighted by atomic mass is 32.1. The van der Waals surface area contributed by atoms with Crippen molar-refractivity contribution in [3.8, 4) is 16.3 Å². The van der Waals surface area contributed by atoms with E-state index in [0.717, 1.165) is 38.5 Å². The maximum atomic E-state index is 12.2. The minimum Gasteiger partial charge on any atom is -0.487 e. The summed E-state index contributed by atoms with van der Waals surface area (Å²) >= 11 is 1.66. The number of thiazole rings is 1. The van der Waals surface area contributed by atoms with Gasteiger partial charge in [0.2, 0.25) is 0 Å². The van der Waals surface area contributed by atoms with Crippen LogP contribution in [-0.2, 0) is 6.42 Å². The molecule has 0 aliphatic carbocycles. The number of aromatic nitrogens is 2. The lowest BCUT2D eigenvalue weighted by molar-refractivity contribution is 0.0924. The molecule has 1 unspecified atom stereocenters. The maximum Gasteiger partial charge on any atom is 0.273 e. The van der Waals surface area contributed by atoms with E-state index in [4.69, 9.17) is 14.2 Å². The molecule has 5 rings (SSSR count). The van der Waals surface area contributed by atoms with Crippen molar-refractivity contribution < 1.29 is 14.1 Å². The first-order chi connectivity index (χ1) is 14.1. The van der Waals surface area contributed by atoms with E-state index in [1.165, 1.54) is 5.56 Å². The Bertz CT molecular complexity index is 1190. The lowest BCUT2D eigenvalue weighted by Crippen LogP contribution is -2.34. The lowest BCUT2D eigenvalue weighted by Gasteiger charge is -2.12. The molecule has 0 radical (unpaired) electrons. The third kappa shape index (κ3) is 3.38. The first kappa shape index (κ1) is 17.9. The molecule has 0 fully saturated rings. The molecule has 3 heterocycles. The van der Waals surface area contributed by atoms with E-state index < -0.39 is 0 Å². The van der Waals surface area contributed by atoms with Crippen molar-refractivity contribution in [3.05, 3.63) is 65.0 Å². The molecule has 0 bridgehead atoms. The summed E-state index contributed by atoms with van der Waals surface area (Å²) in [6, 6.07) is 14.0. The first-order valence-corrected chi connectivity index (χ1v) is 10.3. The third-order valence-electron chi connectivity index (χ3n) is 4.92. The Hall–Kier alpha value is -3.19. The summed E-state index contributed by atoms with van der Waals surface area (Å²) in [7, 11) is 0. The van der Waals surface area contributed by atoms with Gasteiger partial charge in [0.05, 0.1) is 22.3 Å². The van der Waals surface area contributed by atoms with Gasteiger partial charge in [-0.25, -0.2) is 4.98 Å². The van der Waals surface area contributed by atoms with E-state index in [2.05, 4.69) is 35.6 Å².